The van der Waals surface area contributed by atoms with Crippen LogP contribution in [0.1, 0.15) is 38.2 Å². The van der Waals surface area contributed by atoms with Gasteiger partial charge < -0.3 is 15.2 Å². The number of ether oxygens (including phenoxy) is 1. The van der Waals surface area contributed by atoms with Crippen molar-refractivity contribution in [2.45, 2.75) is 51.2 Å². The molecule has 25 heavy (non-hydrogen) atoms. The van der Waals surface area contributed by atoms with Crippen LogP contribution in [0.3, 0.4) is 0 Å². The third kappa shape index (κ3) is 3.79. The van der Waals surface area contributed by atoms with Crippen LogP contribution in [0.25, 0.3) is 0 Å². The van der Waals surface area contributed by atoms with Gasteiger partial charge in [-0.05, 0) is 50.7 Å². The molecule has 1 aliphatic heterocycles. The number of nitrogens with one attached hydrogen (secondary N) is 1. The highest BCUT2D eigenvalue weighted by Gasteiger charge is 2.52. The van der Waals surface area contributed by atoms with E-state index in [-0.39, 0.29) is 19.1 Å². The van der Waals surface area contributed by atoms with E-state index in [9.17, 15) is 14.7 Å². The van der Waals surface area contributed by atoms with Gasteiger partial charge in [0.2, 0.25) is 0 Å². The Morgan fingerprint density at radius 1 is 1.28 bits per heavy atom. The van der Waals surface area contributed by atoms with Crippen LogP contribution in [-0.4, -0.2) is 46.7 Å². The van der Waals surface area contributed by atoms with E-state index in [1.165, 1.54) is 0 Å². The van der Waals surface area contributed by atoms with Gasteiger partial charge in [0.05, 0.1) is 6.54 Å². The van der Waals surface area contributed by atoms with E-state index in [4.69, 9.17) is 4.74 Å². The summed E-state index contributed by atoms with van der Waals surface area (Å²) < 4.78 is 5.53. The van der Waals surface area contributed by atoms with Crippen molar-refractivity contribution >= 4 is 11.9 Å². The molecule has 1 saturated carbocycles. The van der Waals surface area contributed by atoms with E-state index in [0.717, 1.165) is 23.3 Å². The molecule has 136 valence electrons. The molecule has 2 N–H and O–H groups in total. The van der Waals surface area contributed by atoms with Gasteiger partial charge in [-0.1, -0.05) is 24.6 Å². The standard InChI is InChI=1S/C19H26N2O4/c1-13-3-5-16(6-4-13)25-12-15(22)11-21-17(23)19(20-18(21)24)9-7-14(2)8-10-19/h3-6,14-15,22H,7-12H2,1-2H3,(H,20,24). The number of benzene rings is 1. The third-order valence-electron chi connectivity index (χ3n) is 5.23. The van der Waals surface area contributed by atoms with E-state index in [1.807, 2.05) is 31.2 Å². The summed E-state index contributed by atoms with van der Waals surface area (Å²) in [6.45, 7) is 4.13. The molecule has 1 saturated heterocycles. The number of aliphatic hydroxyl groups is 1. The summed E-state index contributed by atoms with van der Waals surface area (Å²) in [5.74, 6) is 1.02. The molecular weight excluding hydrogens is 320 g/mol. The molecule has 1 atom stereocenters. The largest absolute Gasteiger partial charge is 0.491 e. The second kappa shape index (κ2) is 7.04. The topological polar surface area (TPSA) is 78.9 Å². The van der Waals surface area contributed by atoms with E-state index in [1.54, 1.807) is 0 Å². The van der Waals surface area contributed by atoms with Crippen LogP contribution in [0.15, 0.2) is 24.3 Å². The molecule has 3 amide bonds. The zero-order valence-electron chi connectivity index (χ0n) is 14.8. The molecule has 1 spiro atoms. The first-order valence-electron chi connectivity index (χ1n) is 8.91. The lowest BCUT2D eigenvalue weighted by molar-refractivity contribution is -0.133. The van der Waals surface area contributed by atoms with Crippen molar-refractivity contribution in [3.8, 4) is 5.75 Å². The molecule has 2 fully saturated rings. The summed E-state index contributed by atoms with van der Waals surface area (Å²) in [7, 11) is 0. The fourth-order valence-corrected chi connectivity index (χ4v) is 3.53. The van der Waals surface area contributed by atoms with E-state index in [0.29, 0.717) is 24.5 Å². The van der Waals surface area contributed by atoms with Crippen molar-refractivity contribution in [1.82, 2.24) is 10.2 Å². The van der Waals surface area contributed by atoms with Gasteiger partial charge in [0, 0.05) is 0 Å². The third-order valence-corrected chi connectivity index (χ3v) is 5.23. The number of aryl methyl sites for hydroxylation is 1. The first-order valence-corrected chi connectivity index (χ1v) is 8.91. The summed E-state index contributed by atoms with van der Waals surface area (Å²) in [4.78, 5) is 26.1. The molecule has 1 aromatic carbocycles. The molecule has 1 aliphatic carbocycles. The van der Waals surface area contributed by atoms with E-state index < -0.39 is 17.7 Å². The Morgan fingerprint density at radius 2 is 1.92 bits per heavy atom. The van der Waals surface area contributed by atoms with Crippen LogP contribution in [0.4, 0.5) is 4.79 Å². The fraction of sp³-hybridized carbons (Fsp3) is 0.579. The molecule has 1 heterocycles. The number of hydrogen-bond acceptors (Lipinski definition) is 4. The van der Waals surface area contributed by atoms with Gasteiger partial charge >= 0.3 is 6.03 Å². The normalized spacial score (nSPS) is 27.5. The number of amides is 3. The summed E-state index contributed by atoms with van der Waals surface area (Å²) in [6.07, 6.45) is 2.28. The number of β-amino-alcohol motifs (C(OH)–C–C–N with tert-alkyl or cyclic N) is 1. The SMILES string of the molecule is Cc1ccc(OCC(O)CN2C(=O)NC3(CCC(C)CC3)C2=O)cc1. The molecule has 0 aromatic heterocycles. The molecule has 3 rings (SSSR count). The quantitative estimate of drug-likeness (QED) is 0.802. The lowest BCUT2D eigenvalue weighted by Crippen LogP contribution is -2.49. The highest BCUT2D eigenvalue weighted by atomic mass is 16.5. The molecule has 0 radical (unpaired) electrons. The number of imide groups is 1. The van der Waals surface area contributed by atoms with E-state index in [2.05, 4.69) is 12.2 Å². The Bertz CT molecular complexity index is 635. The zero-order valence-corrected chi connectivity index (χ0v) is 14.8. The number of aliphatic hydroxyl groups excluding tert-OH is 1. The molecular formula is C19H26N2O4. The predicted octanol–water partition coefficient (Wildman–Crippen LogP) is 2.24. The minimum atomic E-state index is -0.923. The molecule has 1 aromatic rings. The van der Waals surface area contributed by atoms with Crippen molar-refractivity contribution in [3.63, 3.8) is 0 Å². The first-order chi connectivity index (χ1) is 11.9. The fourth-order valence-electron chi connectivity index (χ4n) is 3.53. The Morgan fingerprint density at radius 3 is 2.56 bits per heavy atom. The summed E-state index contributed by atoms with van der Waals surface area (Å²) >= 11 is 0. The summed E-state index contributed by atoms with van der Waals surface area (Å²) in [6, 6.07) is 7.09. The maximum absolute atomic E-state index is 12.7. The van der Waals surface area contributed by atoms with Crippen LogP contribution >= 0.6 is 0 Å². The zero-order chi connectivity index (χ0) is 18.0. The molecule has 6 nitrogen and oxygen atoms in total. The van der Waals surface area contributed by atoms with Crippen molar-refractivity contribution < 1.29 is 19.4 Å². The molecule has 1 unspecified atom stereocenters. The second-order valence-electron chi connectivity index (χ2n) is 7.39. The Balaban J connectivity index is 1.55. The average molecular weight is 346 g/mol. The highest BCUT2D eigenvalue weighted by molar-refractivity contribution is 6.07. The van der Waals surface area contributed by atoms with Crippen LogP contribution in [0.5, 0.6) is 5.75 Å². The van der Waals surface area contributed by atoms with Crippen LogP contribution in [0.2, 0.25) is 0 Å². The van der Waals surface area contributed by atoms with Crippen molar-refractivity contribution in [3.05, 3.63) is 29.8 Å². The predicted molar refractivity (Wildman–Crippen MR) is 93.3 cm³/mol. The maximum Gasteiger partial charge on any atom is 0.325 e. The van der Waals surface area contributed by atoms with Crippen molar-refractivity contribution in [1.29, 1.82) is 0 Å². The highest BCUT2D eigenvalue weighted by Crippen LogP contribution is 2.36. The van der Waals surface area contributed by atoms with E-state index >= 15 is 0 Å². The van der Waals surface area contributed by atoms with Gasteiger partial charge in [-0.3, -0.25) is 9.69 Å². The number of rotatable bonds is 5. The van der Waals surface area contributed by atoms with Crippen LogP contribution in [0, 0.1) is 12.8 Å². The minimum absolute atomic E-state index is 0.0319. The van der Waals surface area contributed by atoms with Gasteiger partial charge in [-0.2, -0.15) is 0 Å². The van der Waals surface area contributed by atoms with Crippen LogP contribution < -0.4 is 10.1 Å². The number of urea groups is 1. The summed E-state index contributed by atoms with van der Waals surface area (Å²) in [5.41, 5.74) is 0.362. The first kappa shape index (κ1) is 17.7. The summed E-state index contributed by atoms with van der Waals surface area (Å²) in [5, 5.41) is 13.1. The van der Waals surface area contributed by atoms with Gasteiger partial charge in [0.15, 0.2) is 0 Å². The van der Waals surface area contributed by atoms with Gasteiger partial charge in [0.25, 0.3) is 5.91 Å². The van der Waals surface area contributed by atoms with Gasteiger partial charge in [0.1, 0.15) is 24.0 Å². The van der Waals surface area contributed by atoms with Crippen LogP contribution in [-0.2, 0) is 4.79 Å². The van der Waals surface area contributed by atoms with Crippen molar-refractivity contribution in [2.24, 2.45) is 5.92 Å². The lowest BCUT2D eigenvalue weighted by Gasteiger charge is -2.33. The smallest absolute Gasteiger partial charge is 0.325 e. The number of carbonyl (C=O) groups is 2. The maximum atomic E-state index is 12.7. The van der Waals surface area contributed by atoms with Gasteiger partial charge in [-0.15, -0.1) is 0 Å². The Kier molecular flexibility index (Phi) is 4.99. The number of nitrogens with zero attached hydrogens (tertiary/aromatic N) is 1. The Labute approximate surface area is 148 Å². The molecule has 6 heteroatoms. The Hall–Kier alpha value is -2.08. The minimum Gasteiger partial charge on any atom is -0.491 e. The van der Waals surface area contributed by atoms with Crippen molar-refractivity contribution in [2.75, 3.05) is 13.2 Å². The number of hydrogen-bond donors (Lipinski definition) is 2. The monoisotopic (exact) mass is 346 g/mol. The second-order valence-corrected chi connectivity index (χ2v) is 7.39. The average Bonchev–Trinajstić information content (AvgIpc) is 2.82. The molecule has 0 bridgehead atoms. The van der Waals surface area contributed by atoms with Gasteiger partial charge in [-0.25, -0.2) is 4.79 Å². The number of carbonyl (C=O) groups excluding carboxylic acids is 2. The molecule has 2 aliphatic rings. The lowest BCUT2D eigenvalue weighted by atomic mass is 9.77.